The Morgan fingerprint density at radius 2 is 1.85 bits per heavy atom. The Balaban J connectivity index is 2.83. The first kappa shape index (κ1) is 11.1. The number of hydrogen-bond donors (Lipinski definition) is 1. The Hall–Kier alpha value is 0.0400. The Morgan fingerprint density at radius 3 is 2.31 bits per heavy atom. The van der Waals surface area contributed by atoms with Crippen LogP contribution in [-0.4, -0.2) is 10.6 Å². The molecule has 0 aliphatic heterocycles. The molecule has 0 atom stereocenters. The Morgan fingerprint density at radius 1 is 1.31 bits per heavy atom. The molecule has 0 bridgehead atoms. The number of hydrogen-bond acceptors (Lipinski definition) is 2. The number of thioether (sulfide) groups is 1. The van der Waals surface area contributed by atoms with Crippen LogP contribution in [0.25, 0.3) is 0 Å². The first-order chi connectivity index (χ1) is 6.11. The van der Waals surface area contributed by atoms with Crippen molar-refractivity contribution in [2.75, 3.05) is 11.6 Å². The number of nitrogens with one attached hydrogen (secondary N) is 1. The highest BCUT2D eigenvalue weighted by Gasteiger charge is 1.99. The lowest BCUT2D eigenvalue weighted by molar-refractivity contribution is 1.66. The van der Waals surface area contributed by atoms with E-state index < -0.39 is 0 Å². The van der Waals surface area contributed by atoms with Gasteiger partial charge in [0.05, 0.1) is 0 Å². The van der Waals surface area contributed by atoms with Crippen molar-refractivity contribution in [3.05, 3.63) is 28.2 Å². The fourth-order valence-corrected chi connectivity index (χ4v) is 1.66. The maximum absolute atomic E-state index is 5.80. The lowest BCUT2D eigenvalue weighted by atomic mass is 10.3. The largest absolute Gasteiger partial charge is 0.341 e. The molecule has 1 aromatic carbocycles. The van der Waals surface area contributed by atoms with Crippen molar-refractivity contribution in [3.8, 4) is 0 Å². The summed E-state index contributed by atoms with van der Waals surface area (Å²) < 4.78 is 0.693. The quantitative estimate of drug-likeness (QED) is 0.757. The molecule has 1 nitrogen and oxygen atoms in total. The van der Waals surface area contributed by atoms with Gasteiger partial charge in [0, 0.05) is 15.7 Å². The number of rotatable bonds is 1. The van der Waals surface area contributed by atoms with E-state index in [9.17, 15) is 0 Å². The molecule has 0 amide bonds. The molecule has 0 heterocycles. The van der Waals surface area contributed by atoms with Crippen LogP contribution in [0.5, 0.6) is 0 Å². The summed E-state index contributed by atoms with van der Waals surface area (Å²) in [5.74, 6) is 0. The van der Waals surface area contributed by atoms with Gasteiger partial charge in [-0.25, -0.2) is 0 Å². The van der Waals surface area contributed by atoms with Crippen molar-refractivity contribution in [2.24, 2.45) is 0 Å². The van der Waals surface area contributed by atoms with Crippen molar-refractivity contribution in [2.45, 2.75) is 0 Å². The summed E-state index contributed by atoms with van der Waals surface area (Å²) in [5, 5.41) is 4.19. The number of thiocarbonyl (C=S) groups is 1. The van der Waals surface area contributed by atoms with Gasteiger partial charge in [0.15, 0.2) is 0 Å². The minimum Gasteiger partial charge on any atom is -0.341 e. The lowest BCUT2D eigenvalue weighted by Gasteiger charge is -2.05. The second-order valence-electron chi connectivity index (χ2n) is 2.27. The predicted molar refractivity (Wildman–Crippen MR) is 66.2 cm³/mol. The average Bonchev–Trinajstić information content (AvgIpc) is 2.02. The van der Waals surface area contributed by atoms with Crippen LogP contribution in [0.15, 0.2) is 18.2 Å². The fourth-order valence-electron chi connectivity index (χ4n) is 0.795. The van der Waals surface area contributed by atoms with Crippen LogP contribution in [0.4, 0.5) is 5.69 Å². The van der Waals surface area contributed by atoms with Crippen LogP contribution in [0.2, 0.25) is 10.0 Å². The molecular formula is C8H7Cl2NS2. The third kappa shape index (κ3) is 3.73. The topological polar surface area (TPSA) is 12.0 Å². The molecule has 0 unspecified atom stereocenters. The summed E-state index contributed by atoms with van der Waals surface area (Å²) in [7, 11) is 0. The van der Waals surface area contributed by atoms with Crippen LogP contribution < -0.4 is 5.32 Å². The van der Waals surface area contributed by atoms with E-state index in [2.05, 4.69) is 5.32 Å². The average molecular weight is 252 g/mol. The summed E-state index contributed by atoms with van der Waals surface area (Å²) >= 11 is 18.1. The maximum atomic E-state index is 5.80. The first-order valence-corrected chi connectivity index (χ1v) is 5.82. The second kappa shape index (κ2) is 5.05. The van der Waals surface area contributed by atoms with Crippen LogP contribution in [0, 0.1) is 0 Å². The van der Waals surface area contributed by atoms with Crippen LogP contribution >= 0.6 is 47.2 Å². The molecule has 1 aromatic rings. The zero-order valence-electron chi connectivity index (χ0n) is 6.80. The molecule has 0 radical (unpaired) electrons. The molecule has 0 saturated heterocycles. The van der Waals surface area contributed by atoms with Crippen molar-refractivity contribution in [1.29, 1.82) is 0 Å². The van der Waals surface area contributed by atoms with E-state index in [0.29, 0.717) is 14.4 Å². The molecule has 0 fully saturated rings. The van der Waals surface area contributed by atoms with Gasteiger partial charge in [-0.05, 0) is 24.5 Å². The second-order valence-corrected chi connectivity index (χ2v) is 4.63. The molecule has 0 aliphatic rings. The maximum Gasteiger partial charge on any atom is 0.137 e. The van der Waals surface area contributed by atoms with Gasteiger partial charge in [-0.2, -0.15) is 0 Å². The zero-order chi connectivity index (χ0) is 9.84. The summed E-state index contributed by atoms with van der Waals surface area (Å²) in [6, 6.07) is 5.22. The molecule has 0 aromatic heterocycles. The molecule has 13 heavy (non-hydrogen) atoms. The zero-order valence-corrected chi connectivity index (χ0v) is 9.95. The molecule has 1 N–H and O–H groups in total. The van der Waals surface area contributed by atoms with E-state index in [1.165, 1.54) is 11.8 Å². The normalized spacial score (nSPS) is 9.77. The van der Waals surface area contributed by atoms with E-state index in [1.807, 2.05) is 6.26 Å². The van der Waals surface area contributed by atoms with Gasteiger partial charge >= 0.3 is 0 Å². The number of anilines is 1. The van der Waals surface area contributed by atoms with Gasteiger partial charge in [-0.3, -0.25) is 0 Å². The molecule has 0 spiro atoms. The number of benzene rings is 1. The molecular weight excluding hydrogens is 245 g/mol. The van der Waals surface area contributed by atoms with Gasteiger partial charge in [0.2, 0.25) is 0 Å². The van der Waals surface area contributed by atoms with E-state index >= 15 is 0 Å². The van der Waals surface area contributed by atoms with Crippen molar-refractivity contribution in [1.82, 2.24) is 0 Å². The fraction of sp³-hybridized carbons (Fsp3) is 0.125. The highest BCUT2D eigenvalue weighted by molar-refractivity contribution is 8.22. The smallest absolute Gasteiger partial charge is 0.137 e. The standard InChI is InChI=1S/C8H7Cl2NS2/c1-13-8(12)11-7-3-5(9)2-6(10)4-7/h2-4H,1H3,(H,11,12). The van der Waals surface area contributed by atoms with Gasteiger partial charge < -0.3 is 5.32 Å². The van der Waals surface area contributed by atoms with E-state index in [0.717, 1.165) is 5.69 Å². The number of halogens is 2. The van der Waals surface area contributed by atoms with Crippen molar-refractivity contribution in [3.63, 3.8) is 0 Å². The van der Waals surface area contributed by atoms with Gasteiger partial charge in [0.25, 0.3) is 0 Å². The van der Waals surface area contributed by atoms with E-state index in [4.69, 9.17) is 35.4 Å². The van der Waals surface area contributed by atoms with Crippen LogP contribution in [0.1, 0.15) is 0 Å². The Kier molecular flexibility index (Phi) is 4.32. The van der Waals surface area contributed by atoms with Crippen LogP contribution in [-0.2, 0) is 0 Å². The third-order valence-electron chi connectivity index (χ3n) is 1.29. The molecule has 1 rings (SSSR count). The highest BCUT2D eigenvalue weighted by atomic mass is 35.5. The van der Waals surface area contributed by atoms with Gasteiger partial charge in [-0.1, -0.05) is 35.4 Å². The predicted octanol–water partition coefficient (Wildman–Crippen LogP) is 4.05. The minimum atomic E-state index is 0.596. The molecule has 70 valence electrons. The molecule has 0 aliphatic carbocycles. The van der Waals surface area contributed by atoms with Gasteiger partial charge in [-0.15, -0.1) is 11.8 Å². The highest BCUT2D eigenvalue weighted by Crippen LogP contribution is 2.23. The summed E-state index contributed by atoms with van der Waals surface area (Å²) in [6.07, 6.45) is 1.90. The Labute approximate surface area is 96.8 Å². The summed E-state index contributed by atoms with van der Waals surface area (Å²) in [5.41, 5.74) is 0.817. The third-order valence-corrected chi connectivity index (χ3v) is 2.81. The first-order valence-electron chi connectivity index (χ1n) is 3.43. The van der Waals surface area contributed by atoms with E-state index in [1.54, 1.807) is 18.2 Å². The van der Waals surface area contributed by atoms with Crippen molar-refractivity contribution < 1.29 is 0 Å². The SMILES string of the molecule is CSC(=S)Nc1cc(Cl)cc(Cl)c1. The van der Waals surface area contributed by atoms with E-state index in [-0.39, 0.29) is 0 Å². The summed E-state index contributed by atoms with van der Waals surface area (Å²) in [6.45, 7) is 0. The monoisotopic (exact) mass is 251 g/mol. The van der Waals surface area contributed by atoms with Gasteiger partial charge in [0.1, 0.15) is 4.32 Å². The lowest BCUT2D eigenvalue weighted by Crippen LogP contribution is -2.03. The minimum absolute atomic E-state index is 0.596. The Bertz CT molecular complexity index is 308. The molecule has 5 heteroatoms. The summed E-state index contributed by atoms with van der Waals surface area (Å²) in [4.78, 5) is 0. The van der Waals surface area contributed by atoms with Crippen molar-refractivity contribution >= 4 is 57.2 Å². The van der Waals surface area contributed by atoms with Crippen LogP contribution in [0.3, 0.4) is 0 Å². The molecule has 0 saturated carbocycles.